The van der Waals surface area contributed by atoms with Gasteiger partial charge in [0.1, 0.15) is 0 Å². The van der Waals surface area contributed by atoms with E-state index in [1.165, 1.54) is 16.9 Å². The second-order valence-electron chi connectivity index (χ2n) is 5.10. The molecule has 21 heavy (non-hydrogen) atoms. The highest BCUT2D eigenvalue weighted by Crippen LogP contribution is 2.26. The van der Waals surface area contributed by atoms with Crippen molar-refractivity contribution >= 4 is 34.1 Å². The van der Waals surface area contributed by atoms with E-state index in [9.17, 15) is 4.79 Å². The lowest BCUT2D eigenvalue weighted by atomic mass is 10.1. The maximum atomic E-state index is 11.7. The highest BCUT2D eigenvalue weighted by molar-refractivity contribution is 8.01. The predicted octanol–water partition coefficient (Wildman–Crippen LogP) is 3.86. The number of anilines is 1. The monoisotopic (exact) mass is 321 g/mol. The van der Waals surface area contributed by atoms with Gasteiger partial charge in [-0.1, -0.05) is 67.3 Å². The minimum Gasteiger partial charge on any atom is -0.300 e. The van der Waals surface area contributed by atoms with Gasteiger partial charge in [-0.3, -0.25) is 4.79 Å². The molecule has 0 aliphatic rings. The molecule has 0 radical (unpaired) electrons. The lowest BCUT2D eigenvalue weighted by Gasteiger charge is -2.02. The summed E-state index contributed by atoms with van der Waals surface area (Å²) >= 11 is 3.10. The van der Waals surface area contributed by atoms with Crippen LogP contribution in [0.5, 0.6) is 0 Å². The van der Waals surface area contributed by atoms with Crippen molar-refractivity contribution in [1.82, 2.24) is 10.2 Å². The Morgan fingerprint density at radius 2 is 2.05 bits per heavy atom. The summed E-state index contributed by atoms with van der Waals surface area (Å²) in [6, 6.07) is 10.4. The van der Waals surface area contributed by atoms with E-state index in [2.05, 4.69) is 27.6 Å². The van der Waals surface area contributed by atoms with Crippen LogP contribution >= 0.6 is 23.1 Å². The normalized spacial score (nSPS) is 10.8. The Bertz CT molecular complexity index is 569. The van der Waals surface area contributed by atoms with Gasteiger partial charge in [0.2, 0.25) is 11.0 Å². The van der Waals surface area contributed by atoms with E-state index < -0.39 is 0 Å². The van der Waals surface area contributed by atoms with Crippen LogP contribution in [0.4, 0.5) is 5.13 Å². The van der Waals surface area contributed by atoms with Gasteiger partial charge in [-0.25, -0.2) is 0 Å². The average molecular weight is 321 g/mol. The fourth-order valence-corrected chi connectivity index (χ4v) is 3.59. The van der Waals surface area contributed by atoms with Crippen molar-refractivity contribution in [3.05, 3.63) is 35.9 Å². The molecule has 0 aliphatic carbocycles. The van der Waals surface area contributed by atoms with Crippen LogP contribution in [0, 0.1) is 5.92 Å². The number of aromatic nitrogens is 2. The van der Waals surface area contributed by atoms with Gasteiger partial charge in [-0.05, 0) is 17.9 Å². The minimum absolute atomic E-state index is 0.00184. The first-order chi connectivity index (χ1) is 10.1. The van der Waals surface area contributed by atoms with Crippen molar-refractivity contribution < 1.29 is 4.79 Å². The number of nitrogens with zero attached hydrogens (tertiary/aromatic N) is 2. The van der Waals surface area contributed by atoms with Crippen molar-refractivity contribution in [3.8, 4) is 0 Å². The quantitative estimate of drug-likeness (QED) is 0.621. The largest absolute Gasteiger partial charge is 0.300 e. The van der Waals surface area contributed by atoms with Crippen molar-refractivity contribution in [1.29, 1.82) is 0 Å². The number of rotatable bonds is 7. The third-order valence-electron chi connectivity index (χ3n) is 2.71. The second-order valence-corrected chi connectivity index (χ2v) is 7.42. The molecule has 0 fully saturated rings. The van der Waals surface area contributed by atoms with E-state index in [0.717, 1.165) is 16.5 Å². The minimum atomic E-state index is 0.00184. The first-order valence-electron chi connectivity index (χ1n) is 6.93. The zero-order valence-electron chi connectivity index (χ0n) is 12.2. The fraction of sp³-hybridized carbons (Fsp3) is 0.400. The van der Waals surface area contributed by atoms with E-state index >= 15 is 0 Å². The van der Waals surface area contributed by atoms with Gasteiger partial charge in [0.15, 0.2) is 4.34 Å². The summed E-state index contributed by atoms with van der Waals surface area (Å²) in [5.41, 5.74) is 1.32. The molecular weight excluding hydrogens is 302 g/mol. The highest BCUT2D eigenvalue weighted by atomic mass is 32.2. The molecule has 2 rings (SSSR count). The highest BCUT2D eigenvalue weighted by Gasteiger charge is 2.09. The molecule has 1 N–H and O–H groups in total. The first kappa shape index (κ1) is 16.0. The number of aryl methyl sites for hydroxylation is 1. The molecule has 6 heteroatoms. The van der Waals surface area contributed by atoms with Gasteiger partial charge in [0, 0.05) is 12.2 Å². The molecule has 0 saturated heterocycles. The maximum Gasteiger partial charge on any atom is 0.226 e. The van der Waals surface area contributed by atoms with Crippen molar-refractivity contribution in [3.63, 3.8) is 0 Å². The molecule has 2 aromatic rings. The third kappa shape index (κ3) is 5.85. The van der Waals surface area contributed by atoms with Crippen LogP contribution in [0.25, 0.3) is 0 Å². The number of hydrogen-bond donors (Lipinski definition) is 1. The number of carbonyl (C=O) groups excluding carboxylic acids is 1. The standard InChI is InChI=1S/C15H19N3OS2/c1-11(2)10-13(19)16-14-17-18-15(21-14)20-9-8-12-6-4-3-5-7-12/h3-7,11H,8-10H2,1-2H3,(H,16,17,19). The number of carbonyl (C=O) groups is 1. The maximum absolute atomic E-state index is 11.7. The van der Waals surface area contributed by atoms with Gasteiger partial charge in [-0.2, -0.15) is 0 Å². The Balaban J connectivity index is 1.76. The number of amides is 1. The molecule has 1 amide bonds. The molecule has 0 bridgehead atoms. The summed E-state index contributed by atoms with van der Waals surface area (Å²) < 4.78 is 0.894. The summed E-state index contributed by atoms with van der Waals surface area (Å²) in [5.74, 6) is 1.30. The molecule has 1 aromatic carbocycles. The van der Waals surface area contributed by atoms with E-state index in [1.807, 2.05) is 32.0 Å². The van der Waals surface area contributed by atoms with Crippen LogP contribution in [0.2, 0.25) is 0 Å². The number of thioether (sulfide) groups is 1. The molecule has 112 valence electrons. The molecule has 1 aromatic heterocycles. The number of benzene rings is 1. The van der Waals surface area contributed by atoms with Crippen LogP contribution in [-0.4, -0.2) is 21.9 Å². The summed E-state index contributed by atoms with van der Waals surface area (Å²) in [5, 5.41) is 11.5. The van der Waals surface area contributed by atoms with Gasteiger partial charge in [-0.15, -0.1) is 10.2 Å². The second kappa shape index (κ2) is 8.14. The number of hydrogen-bond acceptors (Lipinski definition) is 5. The molecule has 0 unspecified atom stereocenters. The lowest BCUT2D eigenvalue weighted by Crippen LogP contribution is -2.13. The zero-order chi connectivity index (χ0) is 15.1. The molecule has 1 heterocycles. The lowest BCUT2D eigenvalue weighted by molar-refractivity contribution is -0.116. The molecule has 0 aliphatic heterocycles. The van der Waals surface area contributed by atoms with Gasteiger partial charge < -0.3 is 5.32 Å². The third-order valence-corrected chi connectivity index (χ3v) is 4.68. The predicted molar refractivity (Wildman–Crippen MR) is 88.9 cm³/mol. The Hall–Kier alpha value is -1.40. The molecule has 4 nitrogen and oxygen atoms in total. The van der Waals surface area contributed by atoms with E-state index in [0.29, 0.717) is 17.5 Å². The summed E-state index contributed by atoms with van der Waals surface area (Å²) in [6.45, 7) is 4.04. The number of nitrogens with one attached hydrogen (secondary N) is 1. The average Bonchev–Trinajstić information content (AvgIpc) is 2.86. The first-order valence-corrected chi connectivity index (χ1v) is 8.74. The van der Waals surface area contributed by atoms with E-state index in [-0.39, 0.29) is 5.91 Å². The van der Waals surface area contributed by atoms with Crippen LogP contribution in [-0.2, 0) is 11.2 Å². The van der Waals surface area contributed by atoms with Crippen LogP contribution in [0.1, 0.15) is 25.8 Å². The van der Waals surface area contributed by atoms with Gasteiger partial charge in [0.25, 0.3) is 0 Å². The van der Waals surface area contributed by atoms with Gasteiger partial charge >= 0.3 is 0 Å². The van der Waals surface area contributed by atoms with Crippen molar-refractivity contribution in [2.24, 2.45) is 5.92 Å². The van der Waals surface area contributed by atoms with Crippen LogP contribution in [0.3, 0.4) is 0 Å². The SMILES string of the molecule is CC(C)CC(=O)Nc1nnc(SCCc2ccccc2)s1. The topological polar surface area (TPSA) is 54.9 Å². The fourth-order valence-electron chi connectivity index (χ4n) is 1.76. The van der Waals surface area contributed by atoms with Crippen molar-refractivity contribution in [2.45, 2.75) is 31.0 Å². The zero-order valence-corrected chi connectivity index (χ0v) is 13.8. The smallest absolute Gasteiger partial charge is 0.226 e. The molecule has 0 atom stereocenters. The Morgan fingerprint density at radius 3 is 2.76 bits per heavy atom. The van der Waals surface area contributed by atoms with Crippen molar-refractivity contribution in [2.75, 3.05) is 11.1 Å². The Labute approximate surface area is 133 Å². The molecular formula is C15H19N3OS2. The Morgan fingerprint density at radius 1 is 1.29 bits per heavy atom. The van der Waals surface area contributed by atoms with Crippen LogP contribution < -0.4 is 5.32 Å². The van der Waals surface area contributed by atoms with E-state index in [4.69, 9.17) is 0 Å². The molecule has 0 saturated carbocycles. The summed E-state index contributed by atoms with van der Waals surface area (Å²) in [6.07, 6.45) is 1.51. The molecule has 0 spiro atoms. The van der Waals surface area contributed by atoms with Crippen LogP contribution in [0.15, 0.2) is 34.7 Å². The van der Waals surface area contributed by atoms with E-state index in [1.54, 1.807) is 11.8 Å². The summed E-state index contributed by atoms with van der Waals surface area (Å²) in [7, 11) is 0. The van der Waals surface area contributed by atoms with Gasteiger partial charge in [0.05, 0.1) is 0 Å². The Kier molecular flexibility index (Phi) is 6.20. The summed E-state index contributed by atoms with van der Waals surface area (Å²) in [4.78, 5) is 11.7.